The SMILES string of the molecule is C[C@H](CNC(=O)N1CCC(c2cnc[nH]2)CC1)c1ccc(F)cc1F. The van der Waals surface area contributed by atoms with E-state index in [9.17, 15) is 13.6 Å². The van der Waals surface area contributed by atoms with Gasteiger partial charge in [-0.25, -0.2) is 18.6 Å². The summed E-state index contributed by atoms with van der Waals surface area (Å²) in [4.78, 5) is 21.3. The Balaban J connectivity index is 1.48. The maximum atomic E-state index is 13.8. The number of halogens is 2. The van der Waals surface area contributed by atoms with Gasteiger partial charge in [0.25, 0.3) is 0 Å². The Morgan fingerprint density at radius 2 is 2.16 bits per heavy atom. The van der Waals surface area contributed by atoms with Crippen molar-refractivity contribution in [3.8, 4) is 0 Å². The van der Waals surface area contributed by atoms with Crippen LogP contribution in [0.4, 0.5) is 13.6 Å². The average Bonchev–Trinajstić information content (AvgIpc) is 3.14. The molecule has 1 aromatic heterocycles. The van der Waals surface area contributed by atoms with Gasteiger partial charge < -0.3 is 15.2 Å². The van der Waals surface area contributed by atoms with Crippen molar-refractivity contribution in [2.75, 3.05) is 19.6 Å². The zero-order valence-electron chi connectivity index (χ0n) is 14.1. The first-order chi connectivity index (χ1) is 12.0. The molecule has 3 rings (SSSR count). The number of amides is 2. The number of nitrogens with one attached hydrogen (secondary N) is 2. The molecule has 0 saturated carbocycles. The van der Waals surface area contributed by atoms with Gasteiger partial charge in [0.2, 0.25) is 0 Å². The molecule has 2 aromatic rings. The summed E-state index contributed by atoms with van der Waals surface area (Å²) in [6.07, 6.45) is 5.28. The summed E-state index contributed by atoms with van der Waals surface area (Å²) in [7, 11) is 0. The van der Waals surface area contributed by atoms with E-state index in [0.717, 1.165) is 24.6 Å². The number of benzene rings is 1. The molecule has 5 nitrogen and oxygen atoms in total. The number of aromatic nitrogens is 2. The molecule has 2 N–H and O–H groups in total. The summed E-state index contributed by atoms with van der Waals surface area (Å²) in [6.45, 7) is 3.46. The van der Waals surface area contributed by atoms with Crippen molar-refractivity contribution in [2.24, 2.45) is 0 Å². The minimum atomic E-state index is -0.599. The lowest BCUT2D eigenvalue weighted by Crippen LogP contribution is -2.45. The Hall–Kier alpha value is -2.44. The molecule has 1 aliphatic heterocycles. The summed E-state index contributed by atoms with van der Waals surface area (Å²) in [5.41, 5.74) is 1.51. The second kappa shape index (κ2) is 7.63. The van der Waals surface area contributed by atoms with Crippen molar-refractivity contribution < 1.29 is 13.6 Å². The van der Waals surface area contributed by atoms with E-state index in [1.54, 1.807) is 18.2 Å². The molecule has 0 radical (unpaired) electrons. The van der Waals surface area contributed by atoms with Crippen LogP contribution in [-0.4, -0.2) is 40.5 Å². The van der Waals surface area contributed by atoms with Crippen molar-refractivity contribution in [1.29, 1.82) is 0 Å². The van der Waals surface area contributed by atoms with Crippen molar-refractivity contribution in [1.82, 2.24) is 20.2 Å². The molecule has 1 aromatic carbocycles. The molecule has 0 bridgehead atoms. The minimum absolute atomic E-state index is 0.141. The number of nitrogens with zero attached hydrogens (tertiary/aromatic N) is 2. The maximum Gasteiger partial charge on any atom is 0.317 e. The number of hydrogen-bond donors (Lipinski definition) is 2. The van der Waals surface area contributed by atoms with Crippen LogP contribution in [0.25, 0.3) is 0 Å². The molecule has 7 heteroatoms. The third-order valence-electron chi connectivity index (χ3n) is 4.79. The summed E-state index contributed by atoms with van der Waals surface area (Å²) in [6, 6.07) is 3.39. The van der Waals surface area contributed by atoms with Crippen LogP contribution in [-0.2, 0) is 0 Å². The fraction of sp³-hybridized carbons (Fsp3) is 0.444. The summed E-state index contributed by atoms with van der Waals surface area (Å²) < 4.78 is 26.8. The molecule has 2 amide bonds. The Morgan fingerprint density at radius 3 is 2.80 bits per heavy atom. The van der Waals surface area contributed by atoms with E-state index in [-0.39, 0.29) is 11.9 Å². The zero-order valence-corrected chi connectivity index (χ0v) is 14.1. The van der Waals surface area contributed by atoms with E-state index in [1.165, 1.54) is 12.1 Å². The number of carbonyl (C=O) groups excluding carboxylic acids is 1. The number of aromatic amines is 1. The first-order valence-electron chi connectivity index (χ1n) is 8.50. The summed E-state index contributed by atoms with van der Waals surface area (Å²) in [5.74, 6) is -1.01. The molecule has 1 fully saturated rings. The van der Waals surface area contributed by atoms with Crippen molar-refractivity contribution in [2.45, 2.75) is 31.6 Å². The number of carbonyl (C=O) groups is 1. The predicted molar refractivity (Wildman–Crippen MR) is 90.3 cm³/mol. The molecule has 25 heavy (non-hydrogen) atoms. The predicted octanol–water partition coefficient (Wildman–Crippen LogP) is 3.38. The van der Waals surface area contributed by atoms with Gasteiger partial charge in [-0.05, 0) is 24.5 Å². The fourth-order valence-electron chi connectivity index (χ4n) is 3.25. The van der Waals surface area contributed by atoms with Crippen molar-refractivity contribution >= 4 is 6.03 Å². The molecule has 1 atom stereocenters. The van der Waals surface area contributed by atoms with Gasteiger partial charge in [-0.3, -0.25) is 0 Å². The van der Waals surface area contributed by atoms with E-state index in [0.29, 0.717) is 31.1 Å². The highest BCUT2D eigenvalue weighted by Gasteiger charge is 2.24. The molecule has 0 aliphatic carbocycles. The van der Waals surface area contributed by atoms with Crippen LogP contribution in [0.1, 0.15) is 42.9 Å². The van der Waals surface area contributed by atoms with Gasteiger partial charge in [0, 0.05) is 49.4 Å². The number of urea groups is 1. The minimum Gasteiger partial charge on any atom is -0.348 e. The molecular formula is C18H22F2N4O. The van der Waals surface area contributed by atoms with Gasteiger partial charge in [-0.1, -0.05) is 13.0 Å². The Morgan fingerprint density at radius 1 is 1.40 bits per heavy atom. The van der Waals surface area contributed by atoms with Crippen LogP contribution in [0.3, 0.4) is 0 Å². The van der Waals surface area contributed by atoms with Crippen LogP contribution in [0.15, 0.2) is 30.7 Å². The van der Waals surface area contributed by atoms with Gasteiger partial charge in [0.1, 0.15) is 11.6 Å². The van der Waals surface area contributed by atoms with Crippen LogP contribution in [0.5, 0.6) is 0 Å². The Kier molecular flexibility index (Phi) is 5.31. The van der Waals surface area contributed by atoms with E-state index in [2.05, 4.69) is 15.3 Å². The highest BCUT2D eigenvalue weighted by atomic mass is 19.1. The topological polar surface area (TPSA) is 61.0 Å². The van der Waals surface area contributed by atoms with Crippen LogP contribution >= 0.6 is 0 Å². The molecular weight excluding hydrogens is 326 g/mol. The molecule has 0 unspecified atom stereocenters. The van der Waals surface area contributed by atoms with Crippen LogP contribution < -0.4 is 5.32 Å². The van der Waals surface area contributed by atoms with Crippen molar-refractivity contribution in [3.63, 3.8) is 0 Å². The normalized spacial score (nSPS) is 16.7. The number of hydrogen-bond acceptors (Lipinski definition) is 2. The van der Waals surface area contributed by atoms with Gasteiger partial charge in [-0.15, -0.1) is 0 Å². The zero-order chi connectivity index (χ0) is 17.8. The second-order valence-corrected chi connectivity index (χ2v) is 6.52. The highest BCUT2D eigenvalue weighted by molar-refractivity contribution is 5.74. The number of piperidine rings is 1. The first-order valence-corrected chi connectivity index (χ1v) is 8.50. The third kappa shape index (κ3) is 4.15. The van der Waals surface area contributed by atoms with E-state index < -0.39 is 11.6 Å². The Labute approximate surface area is 145 Å². The average molecular weight is 348 g/mol. The van der Waals surface area contributed by atoms with Gasteiger partial charge in [0.15, 0.2) is 0 Å². The van der Waals surface area contributed by atoms with Gasteiger partial charge in [0.05, 0.1) is 6.33 Å². The number of H-pyrrole nitrogens is 1. The van der Waals surface area contributed by atoms with E-state index in [1.807, 2.05) is 6.20 Å². The standard InChI is InChI=1S/C18H22F2N4O/c1-12(15-3-2-14(19)8-16(15)20)9-22-18(25)24-6-4-13(5-7-24)17-10-21-11-23-17/h2-3,8,10-13H,4-7,9H2,1H3,(H,21,23)(H,22,25)/t12-/m1/s1. The van der Waals surface area contributed by atoms with E-state index >= 15 is 0 Å². The second-order valence-electron chi connectivity index (χ2n) is 6.52. The summed E-state index contributed by atoms with van der Waals surface area (Å²) in [5, 5.41) is 2.85. The third-order valence-corrected chi connectivity index (χ3v) is 4.79. The lowest BCUT2D eigenvalue weighted by molar-refractivity contribution is 0.180. The van der Waals surface area contributed by atoms with Gasteiger partial charge in [-0.2, -0.15) is 0 Å². The smallest absolute Gasteiger partial charge is 0.317 e. The highest BCUT2D eigenvalue weighted by Crippen LogP contribution is 2.26. The Bertz CT molecular complexity index is 712. The number of rotatable bonds is 4. The molecule has 1 aliphatic rings. The molecule has 1 saturated heterocycles. The maximum absolute atomic E-state index is 13.8. The number of likely N-dealkylation sites (tertiary alicyclic amines) is 1. The summed E-state index contributed by atoms with van der Waals surface area (Å²) >= 11 is 0. The molecule has 0 spiro atoms. The number of imidazole rings is 1. The van der Waals surface area contributed by atoms with Crippen LogP contribution in [0.2, 0.25) is 0 Å². The van der Waals surface area contributed by atoms with Gasteiger partial charge >= 0.3 is 6.03 Å². The molecule has 2 heterocycles. The fourth-order valence-corrected chi connectivity index (χ4v) is 3.25. The van der Waals surface area contributed by atoms with Crippen LogP contribution in [0, 0.1) is 11.6 Å². The monoisotopic (exact) mass is 348 g/mol. The van der Waals surface area contributed by atoms with E-state index in [4.69, 9.17) is 0 Å². The largest absolute Gasteiger partial charge is 0.348 e. The van der Waals surface area contributed by atoms with Crippen molar-refractivity contribution in [3.05, 3.63) is 53.6 Å². The lowest BCUT2D eigenvalue weighted by Gasteiger charge is -2.31. The first kappa shape index (κ1) is 17.4. The lowest BCUT2D eigenvalue weighted by atomic mass is 9.94. The quantitative estimate of drug-likeness (QED) is 0.890. The molecule has 134 valence electrons.